The Kier molecular flexibility index (Phi) is 4.04. The van der Waals surface area contributed by atoms with E-state index in [0.29, 0.717) is 19.8 Å². The molecule has 5 heteroatoms. The SMILES string of the molecule is NOCCc1ccc2c(c1Br)OCCCO2. The van der Waals surface area contributed by atoms with Gasteiger partial charge in [-0.2, -0.15) is 0 Å². The molecule has 0 spiro atoms. The molecule has 16 heavy (non-hydrogen) atoms. The van der Waals surface area contributed by atoms with Crippen molar-refractivity contribution in [2.75, 3.05) is 19.8 Å². The van der Waals surface area contributed by atoms with Crippen molar-refractivity contribution in [1.29, 1.82) is 0 Å². The summed E-state index contributed by atoms with van der Waals surface area (Å²) in [6.07, 6.45) is 1.65. The second-order valence-corrected chi connectivity index (χ2v) is 4.33. The van der Waals surface area contributed by atoms with Crippen LogP contribution in [0.1, 0.15) is 12.0 Å². The highest BCUT2D eigenvalue weighted by Crippen LogP contribution is 2.39. The van der Waals surface area contributed by atoms with Crippen LogP contribution in [0.2, 0.25) is 0 Å². The Morgan fingerprint density at radius 1 is 1.31 bits per heavy atom. The summed E-state index contributed by atoms with van der Waals surface area (Å²) in [5.41, 5.74) is 1.11. The Morgan fingerprint density at radius 3 is 2.94 bits per heavy atom. The van der Waals surface area contributed by atoms with Gasteiger partial charge < -0.3 is 14.3 Å². The van der Waals surface area contributed by atoms with Crippen LogP contribution in [0.5, 0.6) is 11.5 Å². The van der Waals surface area contributed by atoms with Gasteiger partial charge >= 0.3 is 0 Å². The third-order valence-corrected chi connectivity index (χ3v) is 3.29. The molecule has 0 fully saturated rings. The molecule has 1 aliphatic heterocycles. The molecule has 1 aliphatic rings. The Morgan fingerprint density at radius 2 is 2.12 bits per heavy atom. The first-order valence-corrected chi connectivity index (χ1v) is 6.01. The van der Waals surface area contributed by atoms with Crippen LogP contribution in [0, 0.1) is 0 Å². The van der Waals surface area contributed by atoms with Crippen LogP contribution < -0.4 is 15.4 Å². The summed E-state index contributed by atoms with van der Waals surface area (Å²) in [4.78, 5) is 4.58. The maximum atomic E-state index is 5.66. The van der Waals surface area contributed by atoms with E-state index in [9.17, 15) is 0 Å². The average Bonchev–Trinajstić information content (AvgIpc) is 2.54. The van der Waals surface area contributed by atoms with Crippen LogP contribution in [0.3, 0.4) is 0 Å². The van der Waals surface area contributed by atoms with Crippen molar-refractivity contribution >= 4 is 15.9 Å². The molecular formula is C11H14BrNO3. The number of rotatable bonds is 3. The van der Waals surface area contributed by atoms with Crippen LogP contribution in [0.4, 0.5) is 0 Å². The van der Waals surface area contributed by atoms with Crippen molar-refractivity contribution in [3.05, 3.63) is 22.2 Å². The van der Waals surface area contributed by atoms with Crippen molar-refractivity contribution in [1.82, 2.24) is 0 Å². The van der Waals surface area contributed by atoms with Crippen molar-refractivity contribution in [2.45, 2.75) is 12.8 Å². The molecular weight excluding hydrogens is 274 g/mol. The van der Waals surface area contributed by atoms with E-state index >= 15 is 0 Å². The van der Waals surface area contributed by atoms with E-state index in [1.165, 1.54) is 0 Å². The van der Waals surface area contributed by atoms with Gasteiger partial charge in [-0.25, -0.2) is 5.90 Å². The standard InChI is InChI=1S/C11H14BrNO3/c12-10-8(4-7-16-13)2-3-9-11(10)15-6-1-5-14-9/h2-3H,1,4-7,13H2. The van der Waals surface area contributed by atoms with E-state index in [1.54, 1.807) is 0 Å². The minimum Gasteiger partial charge on any atom is -0.490 e. The summed E-state index contributed by atoms with van der Waals surface area (Å²) in [5.74, 6) is 6.60. The predicted molar refractivity (Wildman–Crippen MR) is 63.6 cm³/mol. The Hall–Kier alpha value is -0.780. The van der Waals surface area contributed by atoms with Gasteiger partial charge in [-0.3, -0.25) is 0 Å². The highest BCUT2D eigenvalue weighted by atomic mass is 79.9. The van der Waals surface area contributed by atoms with Crippen LogP contribution in [-0.2, 0) is 11.3 Å². The maximum Gasteiger partial charge on any atom is 0.175 e. The van der Waals surface area contributed by atoms with Crippen molar-refractivity contribution in [2.24, 2.45) is 5.90 Å². The molecule has 0 radical (unpaired) electrons. The zero-order valence-electron chi connectivity index (χ0n) is 8.87. The molecule has 0 aromatic heterocycles. The first-order chi connectivity index (χ1) is 7.83. The van der Waals surface area contributed by atoms with Gasteiger partial charge in [0.05, 0.1) is 24.3 Å². The van der Waals surface area contributed by atoms with Crippen LogP contribution in [-0.4, -0.2) is 19.8 Å². The second kappa shape index (κ2) is 5.52. The molecule has 0 bridgehead atoms. The summed E-state index contributed by atoms with van der Waals surface area (Å²) < 4.78 is 12.2. The van der Waals surface area contributed by atoms with Gasteiger partial charge in [0.2, 0.25) is 0 Å². The van der Waals surface area contributed by atoms with Gasteiger partial charge in [-0.1, -0.05) is 6.07 Å². The Balaban J connectivity index is 2.26. The Labute approximate surface area is 103 Å². The third kappa shape index (κ3) is 2.48. The minimum absolute atomic E-state index is 0.484. The van der Waals surface area contributed by atoms with Crippen LogP contribution in [0.25, 0.3) is 0 Å². The monoisotopic (exact) mass is 287 g/mol. The molecule has 0 amide bonds. The van der Waals surface area contributed by atoms with E-state index in [2.05, 4.69) is 20.8 Å². The van der Waals surface area contributed by atoms with Gasteiger partial charge in [-0.05, 0) is 34.0 Å². The lowest BCUT2D eigenvalue weighted by Crippen LogP contribution is -2.05. The maximum absolute atomic E-state index is 5.66. The molecule has 0 saturated carbocycles. The molecule has 1 aromatic carbocycles. The van der Waals surface area contributed by atoms with Crippen molar-refractivity contribution < 1.29 is 14.3 Å². The molecule has 2 N–H and O–H groups in total. The highest BCUT2D eigenvalue weighted by molar-refractivity contribution is 9.10. The minimum atomic E-state index is 0.484. The highest BCUT2D eigenvalue weighted by Gasteiger charge is 2.16. The summed E-state index contributed by atoms with van der Waals surface area (Å²) in [7, 11) is 0. The normalized spacial score (nSPS) is 14.6. The lowest BCUT2D eigenvalue weighted by Gasteiger charge is -2.12. The molecule has 2 rings (SSSR count). The van der Waals surface area contributed by atoms with Gasteiger partial charge in [0.25, 0.3) is 0 Å². The number of hydrogen-bond donors (Lipinski definition) is 1. The summed E-state index contributed by atoms with van der Waals surface area (Å²) >= 11 is 3.53. The van der Waals surface area contributed by atoms with E-state index in [4.69, 9.17) is 15.4 Å². The fourth-order valence-corrected chi connectivity index (χ4v) is 2.24. The van der Waals surface area contributed by atoms with Gasteiger partial charge in [-0.15, -0.1) is 0 Å². The van der Waals surface area contributed by atoms with Crippen molar-refractivity contribution in [3.8, 4) is 11.5 Å². The predicted octanol–water partition coefficient (Wildman–Crippen LogP) is 2.04. The molecule has 0 saturated heterocycles. The van der Waals surface area contributed by atoms with E-state index < -0.39 is 0 Å². The zero-order chi connectivity index (χ0) is 11.4. The number of ether oxygens (including phenoxy) is 2. The first kappa shape index (κ1) is 11.7. The zero-order valence-corrected chi connectivity index (χ0v) is 10.5. The smallest absolute Gasteiger partial charge is 0.175 e. The molecule has 1 heterocycles. The molecule has 1 aromatic rings. The van der Waals surface area contributed by atoms with Crippen molar-refractivity contribution in [3.63, 3.8) is 0 Å². The number of hydrogen-bond acceptors (Lipinski definition) is 4. The largest absolute Gasteiger partial charge is 0.490 e. The number of benzene rings is 1. The number of fused-ring (bicyclic) bond motifs is 1. The van der Waals surface area contributed by atoms with Gasteiger partial charge in [0.1, 0.15) is 0 Å². The molecule has 0 unspecified atom stereocenters. The fourth-order valence-electron chi connectivity index (χ4n) is 1.60. The molecule has 4 nitrogen and oxygen atoms in total. The van der Waals surface area contributed by atoms with Gasteiger partial charge in [0.15, 0.2) is 11.5 Å². The fraction of sp³-hybridized carbons (Fsp3) is 0.455. The Bertz CT molecular complexity index is 370. The average molecular weight is 288 g/mol. The van der Waals surface area contributed by atoms with Crippen LogP contribution >= 0.6 is 15.9 Å². The lowest BCUT2D eigenvalue weighted by atomic mass is 10.1. The third-order valence-electron chi connectivity index (χ3n) is 2.42. The van der Waals surface area contributed by atoms with Gasteiger partial charge in [0, 0.05) is 6.42 Å². The molecule has 0 aliphatic carbocycles. The van der Waals surface area contributed by atoms with E-state index in [-0.39, 0.29) is 0 Å². The molecule has 0 atom stereocenters. The quantitative estimate of drug-likeness (QED) is 0.865. The topological polar surface area (TPSA) is 53.7 Å². The summed E-state index contributed by atoms with van der Waals surface area (Å²) in [6.45, 7) is 1.87. The van der Waals surface area contributed by atoms with Crippen LogP contribution in [0.15, 0.2) is 16.6 Å². The van der Waals surface area contributed by atoms with E-state index in [1.807, 2.05) is 12.1 Å². The number of nitrogens with two attached hydrogens (primary N) is 1. The number of halogens is 1. The molecule has 88 valence electrons. The summed E-state index contributed by atoms with van der Waals surface area (Å²) in [5, 5.41) is 0. The lowest BCUT2D eigenvalue weighted by molar-refractivity contribution is 0.141. The van der Waals surface area contributed by atoms with E-state index in [0.717, 1.165) is 34.4 Å². The summed E-state index contributed by atoms with van der Waals surface area (Å²) in [6, 6.07) is 3.92. The second-order valence-electron chi connectivity index (χ2n) is 3.54. The first-order valence-electron chi connectivity index (χ1n) is 5.21.